The number of hydrogen-bond acceptors (Lipinski definition) is 5. The van der Waals surface area contributed by atoms with E-state index in [-0.39, 0.29) is 11.4 Å². The molecule has 0 atom stereocenters. The van der Waals surface area contributed by atoms with E-state index in [1.807, 2.05) is 37.4 Å². The van der Waals surface area contributed by atoms with Gasteiger partial charge in [-0.2, -0.15) is 0 Å². The fraction of sp³-hybridized carbons (Fsp3) is 0.455. The van der Waals surface area contributed by atoms with Crippen molar-refractivity contribution >= 4 is 35.1 Å². The molecule has 154 valence electrons. The number of hydrogen-bond donors (Lipinski definition) is 1. The maximum atomic E-state index is 13.0. The van der Waals surface area contributed by atoms with Crippen LogP contribution in [0.1, 0.15) is 35.4 Å². The van der Waals surface area contributed by atoms with E-state index in [2.05, 4.69) is 5.32 Å². The van der Waals surface area contributed by atoms with Crippen LogP contribution in [0.4, 0.5) is 0 Å². The Morgan fingerprint density at radius 3 is 2.86 bits per heavy atom. The van der Waals surface area contributed by atoms with E-state index in [0.29, 0.717) is 35.3 Å². The standard InChI is InChI=1S/C22H25ClN2O3S/c1-24-22(8-3-9-26)13-25(14-22)21(27)20-18(23)11-19(29-20)16-4-2-5-17(10-16)28-12-15-6-7-15/h2,4-5,9-11,15,24H,3,6-8,12-14H2,1H3. The quantitative estimate of drug-likeness (QED) is 0.602. The molecule has 1 aliphatic heterocycles. The minimum absolute atomic E-state index is 0.0515. The highest BCUT2D eigenvalue weighted by Crippen LogP contribution is 2.38. The second kappa shape index (κ2) is 8.46. The lowest BCUT2D eigenvalue weighted by atomic mass is 9.85. The van der Waals surface area contributed by atoms with Crippen LogP contribution in [-0.2, 0) is 4.79 Å². The van der Waals surface area contributed by atoms with E-state index in [1.165, 1.54) is 24.2 Å². The predicted molar refractivity (Wildman–Crippen MR) is 116 cm³/mol. The number of nitrogens with one attached hydrogen (secondary N) is 1. The average molecular weight is 433 g/mol. The summed E-state index contributed by atoms with van der Waals surface area (Å²) in [5, 5.41) is 3.75. The molecule has 2 aromatic rings. The fourth-order valence-corrected chi connectivity index (χ4v) is 5.03. The zero-order valence-electron chi connectivity index (χ0n) is 16.4. The van der Waals surface area contributed by atoms with Gasteiger partial charge in [0.05, 0.1) is 17.2 Å². The van der Waals surface area contributed by atoms with Gasteiger partial charge in [-0.1, -0.05) is 23.7 Å². The minimum Gasteiger partial charge on any atom is -0.493 e. The number of thiophene rings is 1. The number of carbonyl (C=O) groups is 2. The van der Waals surface area contributed by atoms with Crippen LogP contribution in [0.2, 0.25) is 5.02 Å². The molecular formula is C22H25ClN2O3S. The molecule has 5 nitrogen and oxygen atoms in total. The molecule has 1 aliphatic carbocycles. The van der Waals surface area contributed by atoms with Crippen molar-refractivity contribution in [1.82, 2.24) is 10.2 Å². The van der Waals surface area contributed by atoms with Crippen molar-refractivity contribution in [3.05, 3.63) is 40.2 Å². The van der Waals surface area contributed by atoms with E-state index in [9.17, 15) is 9.59 Å². The molecule has 1 N–H and O–H groups in total. The lowest BCUT2D eigenvalue weighted by molar-refractivity contribution is -0.108. The highest BCUT2D eigenvalue weighted by Gasteiger charge is 2.44. The van der Waals surface area contributed by atoms with Crippen molar-refractivity contribution in [3.8, 4) is 16.2 Å². The lowest BCUT2D eigenvalue weighted by Gasteiger charge is -2.50. The molecule has 0 spiro atoms. The number of likely N-dealkylation sites (N-methyl/N-ethyl adjacent to an activating group) is 1. The van der Waals surface area contributed by atoms with Gasteiger partial charge in [0, 0.05) is 24.4 Å². The van der Waals surface area contributed by atoms with Crippen molar-refractivity contribution in [2.75, 3.05) is 26.7 Å². The molecule has 1 amide bonds. The number of ether oxygens (including phenoxy) is 1. The van der Waals surface area contributed by atoms with Gasteiger partial charge in [0.1, 0.15) is 16.9 Å². The Morgan fingerprint density at radius 1 is 1.38 bits per heavy atom. The normalized spacial score (nSPS) is 17.7. The van der Waals surface area contributed by atoms with Gasteiger partial charge in [0.15, 0.2) is 0 Å². The molecule has 2 heterocycles. The first-order chi connectivity index (χ1) is 14.0. The Bertz CT molecular complexity index is 903. The summed E-state index contributed by atoms with van der Waals surface area (Å²) in [7, 11) is 1.88. The van der Waals surface area contributed by atoms with Crippen molar-refractivity contribution < 1.29 is 14.3 Å². The van der Waals surface area contributed by atoms with Crippen LogP contribution in [-0.4, -0.2) is 49.4 Å². The number of carbonyl (C=O) groups excluding carboxylic acids is 2. The summed E-state index contributed by atoms with van der Waals surface area (Å²) >= 11 is 7.84. The maximum absolute atomic E-state index is 13.0. The van der Waals surface area contributed by atoms with E-state index in [4.69, 9.17) is 16.3 Å². The van der Waals surface area contributed by atoms with Crippen LogP contribution in [0.5, 0.6) is 5.75 Å². The van der Waals surface area contributed by atoms with Gasteiger partial charge < -0.3 is 19.7 Å². The molecule has 1 aromatic heterocycles. The van der Waals surface area contributed by atoms with Gasteiger partial charge in [0.2, 0.25) is 0 Å². The summed E-state index contributed by atoms with van der Waals surface area (Å²) < 4.78 is 5.87. The van der Waals surface area contributed by atoms with Gasteiger partial charge >= 0.3 is 0 Å². The van der Waals surface area contributed by atoms with Crippen molar-refractivity contribution in [2.24, 2.45) is 5.92 Å². The minimum atomic E-state index is -0.170. The first-order valence-corrected chi connectivity index (χ1v) is 11.2. The van der Waals surface area contributed by atoms with Crippen LogP contribution in [0, 0.1) is 5.92 Å². The van der Waals surface area contributed by atoms with Crippen LogP contribution in [0.3, 0.4) is 0 Å². The zero-order chi connectivity index (χ0) is 20.4. The molecule has 0 unspecified atom stereocenters. The summed E-state index contributed by atoms with van der Waals surface area (Å²) in [6.45, 7) is 1.94. The van der Waals surface area contributed by atoms with Crippen molar-refractivity contribution in [2.45, 2.75) is 31.2 Å². The molecular weight excluding hydrogens is 408 g/mol. The highest BCUT2D eigenvalue weighted by molar-refractivity contribution is 7.18. The van der Waals surface area contributed by atoms with Gasteiger partial charge in [-0.3, -0.25) is 4.79 Å². The maximum Gasteiger partial charge on any atom is 0.265 e. The molecule has 0 radical (unpaired) electrons. The third-order valence-corrected chi connectivity index (χ3v) is 7.31. The molecule has 2 aliphatic rings. The smallest absolute Gasteiger partial charge is 0.265 e. The lowest BCUT2D eigenvalue weighted by Crippen LogP contribution is -2.69. The molecule has 7 heteroatoms. The SMILES string of the molecule is CNC1(CCC=O)CN(C(=O)c2sc(-c3cccc(OCC4CC4)c3)cc2Cl)C1. The number of benzene rings is 1. The number of halogens is 1. The highest BCUT2D eigenvalue weighted by atomic mass is 35.5. The second-order valence-corrected chi connectivity index (χ2v) is 9.43. The summed E-state index contributed by atoms with van der Waals surface area (Å²) in [6.07, 6.45) is 4.66. The monoisotopic (exact) mass is 432 g/mol. The molecule has 2 fully saturated rings. The predicted octanol–water partition coefficient (Wildman–Crippen LogP) is 4.25. The Kier molecular flexibility index (Phi) is 5.95. The summed E-state index contributed by atoms with van der Waals surface area (Å²) in [5.74, 6) is 1.50. The Hall–Kier alpha value is -1.89. The van der Waals surface area contributed by atoms with Crippen LogP contribution in [0.15, 0.2) is 30.3 Å². The third-order valence-electron chi connectivity index (χ3n) is 5.73. The number of likely N-dealkylation sites (tertiary alicyclic amines) is 1. The topological polar surface area (TPSA) is 58.6 Å². The van der Waals surface area contributed by atoms with E-state index < -0.39 is 0 Å². The molecule has 0 bridgehead atoms. The Morgan fingerprint density at radius 2 is 2.17 bits per heavy atom. The third kappa shape index (κ3) is 4.49. The Labute approximate surface area is 180 Å². The van der Waals surface area contributed by atoms with Gasteiger partial charge in [-0.25, -0.2) is 0 Å². The summed E-state index contributed by atoms with van der Waals surface area (Å²) in [6, 6.07) is 9.81. The van der Waals surface area contributed by atoms with Crippen LogP contribution >= 0.6 is 22.9 Å². The molecule has 1 saturated carbocycles. The van der Waals surface area contributed by atoms with Gasteiger partial charge in [-0.15, -0.1) is 11.3 Å². The van der Waals surface area contributed by atoms with Crippen molar-refractivity contribution in [1.29, 1.82) is 0 Å². The van der Waals surface area contributed by atoms with Gasteiger partial charge in [-0.05, 0) is 56.0 Å². The molecule has 29 heavy (non-hydrogen) atoms. The first-order valence-electron chi connectivity index (χ1n) is 9.98. The number of rotatable bonds is 9. The first kappa shape index (κ1) is 20.4. The van der Waals surface area contributed by atoms with E-state index in [1.54, 1.807) is 4.90 Å². The number of amides is 1. The largest absolute Gasteiger partial charge is 0.493 e. The Balaban J connectivity index is 1.45. The zero-order valence-corrected chi connectivity index (χ0v) is 18.0. The molecule has 1 aromatic carbocycles. The van der Waals surface area contributed by atoms with Gasteiger partial charge in [0.25, 0.3) is 5.91 Å². The summed E-state index contributed by atoms with van der Waals surface area (Å²) in [4.78, 5) is 27.0. The fourth-order valence-electron chi connectivity index (χ4n) is 3.64. The van der Waals surface area contributed by atoms with Crippen molar-refractivity contribution in [3.63, 3.8) is 0 Å². The number of aldehydes is 1. The van der Waals surface area contributed by atoms with E-state index >= 15 is 0 Å². The number of nitrogens with zero attached hydrogens (tertiary/aromatic N) is 1. The molecule has 4 rings (SSSR count). The van der Waals surface area contributed by atoms with E-state index in [0.717, 1.165) is 35.5 Å². The van der Waals surface area contributed by atoms with Crippen LogP contribution < -0.4 is 10.1 Å². The summed E-state index contributed by atoms with van der Waals surface area (Å²) in [5.41, 5.74) is 0.833. The second-order valence-electron chi connectivity index (χ2n) is 7.97. The van der Waals surface area contributed by atoms with Crippen LogP contribution in [0.25, 0.3) is 10.4 Å². The average Bonchev–Trinajstić information content (AvgIpc) is 3.46. The molecule has 1 saturated heterocycles.